The van der Waals surface area contributed by atoms with E-state index in [0.717, 1.165) is 17.0 Å². The fraction of sp³-hybridized carbons (Fsp3) is 0.462. The molecule has 1 N–H and O–H groups in total. The zero-order chi connectivity index (χ0) is 12.8. The van der Waals surface area contributed by atoms with E-state index in [-0.39, 0.29) is 12.0 Å². The minimum Gasteiger partial charge on any atom is -0.497 e. The summed E-state index contributed by atoms with van der Waals surface area (Å²) in [5, 5.41) is 3.12. The Labute approximate surface area is 102 Å². The number of anilines is 1. The maximum Gasteiger partial charge on any atom is 0.328 e. The number of hydrogen-bond donors (Lipinski definition) is 1. The molecular weight excluding hydrogens is 218 g/mol. The SMILES string of the molecule is CCOC(=O)C(C)Nc1ccc(OC)cc1C. The molecule has 0 saturated heterocycles. The van der Waals surface area contributed by atoms with Gasteiger partial charge in [0, 0.05) is 5.69 Å². The van der Waals surface area contributed by atoms with Crippen molar-refractivity contribution >= 4 is 11.7 Å². The van der Waals surface area contributed by atoms with E-state index in [4.69, 9.17) is 9.47 Å². The van der Waals surface area contributed by atoms with Crippen LogP contribution < -0.4 is 10.1 Å². The Bertz CT molecular complexity index is 390. The molecule has 4 heteroatoms. The number of aryl methyl sites for hydroxylation is 1. The molecule has 94 valence electrons. The van der Waals surface area contributed by atoms with Gasteiger partial charge in [0.15, 0.2) is 0 Å². The van der Waals surface area contributed by atoms with Crippen LogP contribution in [0.15, 0.2) is 18.2 Å². The molecular formula is C13H19NO3. The van der Waals surface area contributed by atoms with Gasteiger partial charge in [0.05, 0.1) is 13.7 Å². The predicted octanol–water partition coefficient (Wildman–Crippen LogP) is 2.37. The van der Waals surface area contributed by atoms with Gasteiger partial charge in [0.1, 0.15) is 11.8 Å². The lowest BCUT2D eigenvalue weighted by Crippen LogP contribution is -2.28. The number of nitrogens with one attached hydrogen (secondary N) is 1. The molecule has 1 atom stereocenters. The third-order valence-corrected chi connectivity index (χ3v) is 2.45. The molecule has 0 radical (unpaired) electrons. The number of methoxy groups -OCH3 is 1. The Morgan fingerprint density at radius 2 is 2.18 bits per heavy atom. The number of esters is 1. The summed E-state index contributed by atoms with van der Waals surface area (Å²) in [5.41, 5.74) is 1.94. The van der Waals surface area contributed by atoms with E-state index in [1.54, 1.807) is 21.0 Å². The van der Waals surface area contributed by atoms with Crippen molar-refractivity contribution in [2.45, 2.75) is 26.8 Å². The minimum absolute atomic E-state index is 0.247. The van der Waals surface area contributed by atoms with Crippen LogP contribution in [-0.2, 0) is 9.53 Å². The second kappa shape index (κ2) is 6.13. The Morgan fingerprint density at radius 1 is 1.47 bits per heavy atom. The molecule has 0 aromatic heterocycles. The summed E-state index contributed by atoms with van der Waals surface area (Å²) in [6.45, 7) is 5.93. The fourth-order valence-corrected chi connectivity index (χ4v) is 1.48. The Morgan fingerprint density at radius 3 is 2.71 bits per heavy atom. The molecule has 4 nitrogen and oxygen atoms in total. The van der Waals surface area contributed by atoms with Crippen LogP contribution in [-0.4, -0.2) is 25.7 Å². The number of rotatable bonds is 5. The van der Waals surface area contributed by atoms with Gasteiger partial charge in [-0.25, -0.2) is 4.79 Å². The molecule has 0 heterocycles. The highest BCUT2D eigenvalue weighted by molar-refractivity contribution is 5.79. The third-order valence-electron chi connectivity index (χ3n) is 2.45. The molecule has 0 spiro atoms. The molecule has 1 aromatic rings. The van der Waals surface area contributed by atoms with Gasteiger partial charge < -0.3 is 14.8 Å². The molecule has 0 bridgehead atoms. The van der Waals surface area contributed by atoms with Crippen LogP contribution in [0.3, 0.4) is 0 Å². The third kappa shape index (κ3) is 3.66. The van der Waals surface area contributed by atoms with Crippen LogP contribution in [0.25, 0.3) is 0 Å². The molecule has 1 unspecified atom stereocenters. The molecule has 0 fully saturated rings. The van der Waals surface area contributed by atoms with Crippen molar-refractivity contribution in [3.05, 3.63) is 23.8 Å². The second-order valence-electron chi connectivity index (χ2n) is 3.80. The zero-order valence-corrected chi connectivity index (χ0v) is 10.7. The smallest absolute Gasteiger partial charge is 0.328 e. The van der Waals surface area contributed by atoms with E-state index in [9.17, 15) is 4.79 Å². The maximum atomic E-state index is 11.5. The Hall–Kier alpha value is -1.71. The van der Waals surface area contributed by atoms with Crippen LogP contribution in [0.5, 0.6) is 5.75 Å². The number of hydrogen-bond acceptors (Lipinski definition) is 4. The normalized spacial score (nSPS) is 11.8. The highest BCUT2D eigenvalue weighted by atomic mass is 16.5. The number of carbonyl (C=O) groups excluding carboxylic acids is 1. The molecule has 0 saturated carbocycles. The van der Waals surface area contributed by atoms with Gasteiger partial charge in [-0.05, 0) is 44.5 Å². The summed E-state index contributed by atoms with van der Waals surface area (Å²) < 4.78 is 10.1. The van der Waals surface area contributed by atoms with Crippen molar-refractivity contribution in [1.82, 2.24) is 0 Å². The number of carbonyl (C=O) groups is 1. The first kappa shape index (κ1) is 13.4. The minimum atomic E-state index is -0.359. The summed E-state index contributed by atoms with van der Waals surface area (Å²) in [7, 11) is 1.63. The monoisotopic (exact) mass is 237 g/mol. The lowest BCUT2D eigenvalue weighted by molar-refractivity contribution is -0.143. The van der Waals surface area contributed by atoms with Crippen LogP contribution in [0, 0.1) is 6.92 Å². The molecule has 0 aliphatic carbocycles. The summed E-state index contributed by atoms with van der Waals surface area (Å²) >= 11 is 0. The maximum absolute atomic E-state index is 11.5. The lowest BCUT2D eigenvalue weighted by atomic mass is 10.1. The van der Waals surface area contributed by atoms with E-state index in [1.807, 2.05) is 25.1 Å². The van der Waals surface area contributed by atoms with Gasteiger partial charge in [0.2, 0.25) is 0 Å². The van der Waals surface area contributed by atoms with Crippen LogP contribution in [0.4, 0.5) is 5.69 Å². The Balaban J connectivity index is 2.71. The van der Waals surface area contributed by atoms with Gasteiger partial charge >= 0.3 is 5.97 Å². The summed E-state index contributed by atoms with van der Waals surface area (Å²) in [5.74, 6) is 0.555. The number of ether oxygens (including phenoxy) is 2. The summed E-state index contributed by atoms with van der Waals surface area (Å²) in [6.07, 6.45) is 0. The molecule has 1 rings (SSSR count). The molecule has 0 amide bonds. The molecule has 17 heavy (non-hydrogen) atoms. The van der Waals surface area contributed by atoms with Crippen LogP contribution in [0.2, 0.25) is 0 Å². The average Bonchev–Trinajstić information content (AvgIpc) is 2.31. The first-order valence-corrected chi connectivity index (χ1v) is 5.66. The topological polar surface area (TPSA) is 47.6 Å². The van der Waals surface area contributed by atoms with Gasteiger partial charge in [-0.3, -0.25) is 0 Å². The van der Waals surface area contributed by atoms with E-state index in [1.165, 1.54) is 0 Å². The predicted molar refractivity (Wildman–Crippen MR) is 67.4 cm³/mol. The summed E-state index contributed by atoms with van der Waals surface area (Å²) in [6, 6.07) is 5.30. The van der Waals surface area contributed by atoms with Crippen molar-refractivity contribution in [3.63, 3.8) is 0 Å². The van der Waals surface area contributed by atoms with Crippen molar-refractivity contribution in [3.8, 4) is 5.75 Å². The van der Waals surface area contributed by atoms with E-state index in [0.29, 0.717) is 6.61 Å². The summed E-state index contributed by atoms with van der Waals surface area (Å²) in [4.78, 5) is 11.5. The van der Waals surface area contributed by atoms with Crippen LogP contribution >= 0.6 is 0 Å². The van der Waals surface area contributed by atoms with Gasteiger partial charge in [-0.2, -0.15) is 0 Å². The lowest BCUT2D eigenvalue weighted by Gasteiger charge is -2.16. The van der Waals surface area contributed by atoms with Crippen molar-refractivity contribution < 1.29 is 14.3 Å². The first-order valence-electron chi connectivity index (χ1n) is 5.66. The Kier molecular flexibility index (Phi) is 4.82. The van der Waals surface area contributed by atoms with E-state index in [2.05, 4.69) is 5.32 Å². The van der Waals surface area contributed by atoms with E-state index >= 15 is 0 Å². The van der Waals surface area contributed by atoms with Crippen molar-refractivity contribution in [1.29, 1.82) is 0 Å². The quantitative estimate of drug-likeness (QED) is 0.799. The largest absolute Gasteiger partial charge is 0.497 e. The van der Waals surface area contributed by atoms with Crippen LogP contribution in [0.1, 0.15) is 19.4 Å². The van der Waals surface area contributed by atoms with E-state index < -0.39 is 0 Å². The standard InChI is InChI=1S/C13H19NO3/c1-5-17-13(15)10(3)14-12-7-6-11(16-4)8-9(12)2/h6-8,10,14H,5H2,1-4H3. The molecule has 0 aliphatic heterocycles. The molecule has 0 aliphatic rings. The molecule has 1 aromatic carbocycles. The average molecular weight is 237 g/mol. The second-order valence-corrected chi connectivity index (χ2v) is 3.80. The highest BCUT2D eigenvalue weighted by Crippen LogP contribution is 2.21. The fourth-order valence-electron chi connectivity index (χ4n) is 1.48. The van der Waals surface area contributed by atoms with Gasteiger partial charge in [-0.1, -0.05) is 0 Å². The number of benzene rings is 1. The van der Waals surface area contributed by atoms with Gasteiger partial charge in [-0.15, -0.1) is 0 Å². The van der Waals surface area contributed by atoms with Gasteiger partial charge in [0.25, 0.3) is 0 Å². The van der Waals surface area contributed by atoms with Crippen molar-refractivity contribution in [2.24, 2.45) is 0 Å². The first-order chi connectivity index (χ1) is 8.08. The van der Waals surface area contributed by atoms with Crippen molar-refractivity contribution in [2.75, 3.05) is 19.0 Å². The highest BCUT2D eigenvalue weighted by Gasteiger charge is 2.14. The zero-order valence-electron chi connectivity index (χ0n) is 10.7.